The van der Waals surface area contributed by atoms with Crippen LogP contribution in [-0.4, -0.2) is 36.8 Å². The predicted molar refractivity (Wildman–Crippen MR) is 159 cm³/mol. The minimum Gasteiger partial charge on any atom is -0.463 e. The number of esters is 2. The van der Waals surface area contributed by atoms with Crippen LogP contribution in [-0.2, 0) is 30.4 Å². The van der Waals surface area contributed by atoms with Crippen LogP contribution in [0.2, 0.25) is 0 Å². The average molecular weight is 550 g/mol. The summed E-state index contributed by atoms with van der Waals surface area (Å²) in [6, 6.07) is 26.8. The van der Waals surface area contributed by atoms with Gasteiger partial charge in [-0.15, -0.1) is 0 Å². The predicted octanol–water partition coefficient (Wildman–Crippen LogP) is 6.26. The Hall–Kier alpha value is -4.60. The summed E-state index contributed by atoms with van der Waals surface area (Å²) in [6.45, 7) is 8.31. The van der Waals surface area contributed by atoms with Gasteiger partial charge in [0.15, 0.2) is 0 Å². The van der Waals surface area contributed by atoms with E-state index >= 15 is 0 Å². The summed E-state index contributed by atoms with van der Waals surface area (Å²) in [6.07, 6.45) is 0. The van der Waals surface area contributed by atoms with Crippen LogP contribution in [0.25, 0.3) is 5.70 Å². The van der Waals surface area contributed by atoms with Crippen molar-refractivity contribution in [2.24, 2.45) is 5.92 Å². The molecule has 3 aromatic rings. The Morgan fingerprint density at radius 2 is 1.49 bits per heavy atom. The number of allylic oxidation sites excluding steroid dienone is 1. The van der Waals surface area contributed by atoms with Crippen molar-refractivity contribution >= 4 is 17.6 Å². The average Bonchev–Trinajstić information content (AvgIpc) is 2.99. The lowest BCUT2D eigenvalue weighted by Crippen LogP contribution is -2.37. The second-order valence-electron chi connectivity index (χ2n) is 9.53. The number of aryl methyl sites for hydroxylation is 1. The summed E-state index contributed by atoms with van der Waals surface area (Å²) in [5, 5.41) is 0. The van der Waals surface area contributed by atoms with Crippen molar-refractivity contribution < 1.29 is 23.8 Å². The molecule has 3 aromatic carbocycles. The summed E-state index contributed by atoms with van der Waals surface area (Å²) in [7, 11) is 0. The maximum Gasteiger partial charge on any atom is 0.338 e. The van der Waals surface area contributed by atoms with Gasteiger partial charge in [-0.05, 0) is 51.0 Å². The number of hydrogen-bond donors (Lipinski definition) is 0. The lowest BCUT2D eigenvalue weighted by Gasteiger charge is -2.37. The molecule has 0 aliphatic carbocycles. The first-order valence-electron chi connectivity index (χ1n) is 13.8. The fourth-order valence-electron chi connectivity index (χ4n) is 4.74. The van der Waals surface area contributed by atoms with E-state index in [1.54, 1.807) is 6.92 Å². The minimum absolute atomic E-state index is 0.0772. The molecular formula is C35H35NO5. The van der Waals surface area contributed by atoms with E-state index in [-0.39, 0.29) is 31.1 Å². The van der Waals surface area contributed by atoms with Crippen LogP contribution in [0, 0.1) is 24.7 Å². The standard InChI is InChI=1S/C35H35NO5/c1-5-39-24-36-26(4)31(34(37)40-6-2)30(21-20-27-15-9-7-10-16-27)32(33(36)29-18-11-8-12-19-29)35(38)41-23-28-17-13-14-25(3)22-28/h7-19,22,30H,5-6,23-24H2,1-4H3. The third-order valence-corrected chi connectivity index (χ3v) is 6.67. The van der Waals surface area contributed by atoms with Crippen LogP contribution in [0.4, 0.5) is 0 Å². The van der Waals surface area contributed by atoms with Gasteiger partial charge in [-0.25, -0.2) is 9.59 Å². The Kier molecular flexibility index (Phi) is 10.1. The minimum atomic E-state index is -0.896. The highest BCUT2D eigenvalue weighted by molar-refractivity contribution is 6.04. The molecule has 1 heterocycles. The Bertz CT molecular complexity index is 1500. The van der Waals surface area contributed by atoms with Gasteiger partial charge in [-0.3, -0.25) is 0 Å². The molecule has 6 heteroatoms. The fourth-order valence-corrected chi connectivity index (χ4v) is 4.74. The highest BCUT2D eigenvalue weighted by atomic mass is 16.5. The van der Waals surface area contributed by atoms with Crippen molar-refractivity contribution in [1.82, 2.24) is 4.90 Å². The Morgan fingerprint density at radius 3 is 2.15 bits per heavy atom. The first kappa shape index (κ1) is 29.4. The summed E-state index contributed by atoms with van der Waals surface area (Å²) in [5.41, 5.74) is 5.23. The molecule has 1 aliphatic heterocycles. The largest absolute Gasteiger partial charge is 0.463 e. The highest BCUT2D eigenvalue weighted by Crippen LogP contribution is 2.41. The van der Waals surface area contributed by atoms with Crippen LogP contribution in [0.1, 0.15) is 43.0 Å². The summed E-state index contributed by atoms with van der Waals surface area (Å²) in [4.78, 5) is 29.5. The molecule has 0 saturated carbocycles. The SMILES string of the molecule is CCOCN1C(C)=C(C(=O)OCC)C(C#Cc2ccccc2)C(C(=O)OCc2cccc(C)c2)=C1c1ccccc1. The number of ether oxygens (including phenoxy) is 3. The maximum absolute atomic E-state index is 14.1. The quantitative estimate of drug-likeness (QED) is 0.232. The van der Waals surface area contributed by atoms with Crippen LogP contribution >= 0.6 is 0 Å². The van der Waals surface area contributed by atoms with E-state index in [9.17, 15) is 9.59 Å². The molecule has 6 nitrogen and oxygen atoms in total. The molecule has 4 rings (SSSR count). The zero-order valence-electron chi connectivity index (χ0n) is 24.0. The van der Waals surface area contributed by atoms with Crippen molar-refractivity contribution in [2.75, 3.05) is 19.9 Å². The lowest BCUT2D eigenvalue weighted by atomic mass is 9.83. The number of carbonyl (C=O) groups excluding carboxylic acids is 2. The van der Waals surface area contributed by atoms with Crippen molar-refractivity contribution in [2.45, 2.75) is 34.3 Å². The molecule has 0 radical (unpaired) electrons. The first-order chi connectivity index (χ1) is 19.9. The molecule has 0 saturated heterocycles. The van der Waals surface area contributed by atoms with Crippen molar-refractivity contribution in [3.8, 4) is 11.8 Å². The molecule has 1 atom stereocenters. The summed E-state index contributed by atoms with van der Waals surface area (Å²) >= 11 is 0. The molecule has 0 N–H and O–H groups in total. The third-order valence-electron chi connectivity index (χ3n) is 6.67. The molecule has 0 spiro atoms. The van der Waals surface area contributed by atoms with Gasteiger partial charge in [-0.1, -0.05) is 90.2 Å². The van der Waals surface area contributed by atoms with Crippen molar-refractivity contribution in [3.05, 3.63) is 124 Å². The number of carbonyl (C=O) groups is 2. The molecule has 0 aromatic heterocycles. The van der Waals surface area contributed by atoms with Crippen molar-refractivity contribution in [3.63, 3.8) is 0 Å². The second-order valence-corrected chi connectivity index (χ2v) is 9.53. The fraction of sp³-hybridized carbons (Fsp3) is 0.257. The van der Waals surface area contributed by atoms with Gasteiger partial charge >= 0.3 is 11.9 Å². The molecule has 0 amide bonds. The van der Waals surface area contributed by atoms with Gasteiger partial charge < -0.3 is 19.1 Å². The number of hydrogen-bond acceptors (Lipinski definition) is 6. The van der Waals surface area contributed by atoms with Gasteiger partial charge in [0.25, 0.3) is 0 Å². The number of rotatable bonds is 9. The van der Waals surface area contributed by atoms with Gasteiger partial charge in [0.1, 0.15) is 13.3 Å². The Balaban J connectivity index is 1.93. The number of nitrogens with zero attached hydrogens (tertiary/aromatic N) is 1. The number of benzene rings is 3. The van der Waals surface area contributed by atoms with Gasteiger partial charge in [0.2, 0.25) is 0 Å². The van der Waals surface area contributed by atoms with Crippen molar-refractivity contribution in [1.29, 1.82) is 0 Å². The van der Waals surface area contributed by atoms with E-state index in [4.69, 9.17) is 14.2 Å². The van der Waals surface area contributed by atoms with Gasteiger partial charge in [-0.2, -0.15) is 0 Å². The Labute approximate surface area is 242 Å². The second kappa shape index (κ2) is 14.2. The van der Waals surface area contributed by atoms with Gasteiger partial charge in [0.05, 0.1) is 29.4 Å². The van der Waals surface area contributed by atoms with Crippen LogP contribution < -0.4 is 0 Å². The van der Waals surface area contributed by atoms with E-state index in [0.29, 0.717) is 18.0 Å². The van der Waals surface area contributed by atoms with Crippen LogP contribution in [0.5, 0.6) is 0 Å². The lowest BCUT2D eigenvalue weighted by molar-refractivity contribution is -0.141. The molecular weight excluding hydrogens is 514 g/mol. The zero-order valence-corrected chi connectivity index (χ0v) is 24.0. The molecule has 1 aliphatic rings. The maximum atomic E-state index is 14.1. The molecule has 210 valence electrons. The monoisotopic (exact) mass is 549 g/mol. The first-order valence-corrected chi connectivity index (χ1v) is 13.8. The summed E-state index contributed by atoms with van der Waals surface area (Å²) < 4.78 is 17.3. The van der Waals surface area contributed by atoms with E-state index < -0.39 is 17.9 Å². The molecule has 0 bridgehead atoms. The molecule has 1 unspecified atom stereocenters. The zero-order chi connectivity index (χ0) is 29.2. The normalized spacial score (nSPS) is 14.8. The summed E-state index contributed by atoms with van der Waals surface area (Å²) in [5.74, 6) is 4.42. The highest BCUT2D eigenvalue weighted by Gasteiger charge is 2.41. The molecule has 41 heavy (non-hydrogen) atoms. The van der Waals surface area contributed by atoms with E-state index in [2.05, 4.69) is 11.8 Å². The smallest absolute Gasteiger partial charge is 0.338 e. The van der Waals surface area contributed by atoms with Gasteiger partial charge in [0, 0.05) is 17.9 Å². The van der Waals surface area contributed by atoms with E-state index in [0.717, 1.165) is 22.3 Å². The Morgan fingerprint density at radius 1 is 0.805 bits per heavy atom. The third kappa shape index (κ3) is 7.13. The van der Waals surface area contributed by atoms with Crippen LogP contribution in [0.3, 0.4) is 0 Å². The molecule has 0 fully saturated rings. The van der Waals surface area contributed by atoms with E-state index in [1.165, 1.54) is 0 Å². The van der Waals surface area contributed by atoms with Crippen LogP contribution in [0.15, 0.2) is 102 Å². The topological polar surface area (TPSA) is 65.1 Å². The van der Waals surface area contributed by atoms with E-state index in [1.807, 2.05) is 111 Å².